The Kier molecular flexibility index (Phi) is 4.06. The van der Waals surface area contributed by atoms with Crippen molar-refractivity contribution in [3.8, 4) is 0 Å². The number of ether oxygens (including phenoxy) is 2. The van der Waals surface area contributed by atoms with Crippen LogP contribution in [0.3, 0.4) is 0 Å². The summed E-state index contributed by atoms with van der Waals surface area (Å²) >= 11 is 0. The van der Waals surface area contributed by atoms with Gasteiger partial charge in [-0.3, -0.25) is 4.40 Å². The van der Waals surface area contributed by atoms with Crippen LogP contribution in [-0.2, 0) is 19.5 Å². The average Bonchev–Trinajstić information content (AvgIpc) is 2.90. The maximum atomic E-state index is 14.2. The summed E-state index contributed by atoms with van der Waals surface area (Å²) in [6.07, 6.45) is 2.28. The predicted molar refractivity (Wildman–Crippen MR) is 80.7 cm³/mol. The standard InChI is InChI=1S/C14H16FN3O5S/c1-3-23-13(19)11-5-16-12-10(15)4-9(6-18(11)12)24(20,21)17-14(2)7-22-8-14/h4-6,17H,3,7-8H2,1-2H3. The zero-order chi connectivity index (χ0) is 17.5. The monoisotopic (exact) mass is 357 g/mol. The number of esters is 1. The lowest BCUT2D eigenvalue weighted by molar-refractivity contribution is -0.0523. The van der Waals surface area contributed by atoms with Gasteiger partial charge in [0.2, 0.25) is 10.0 Å². The zero-order valence-corrected chi connectivity index (χ0v) is 13.9. The van der Waals surface area contributed by atoms with Crippen molar-refractivity contribution < 1.29 is 27.1 Å². The Morgan fingerprint density at radius 2 is 2.25 bits per heavy atom. The molecule has 0 unspecified atom stereocenters. The van der Waals surface area contributed by atoms with Crippen LogP contribution in [-0.4, -0.2) is 49.1 Å². The van der Waals surface area contributed by atoms with Crippen LogP contribution in [0.2, 0.25) is 0 Å². The second-order valence-corrected chi connectivity index (χ2v) is 7.42. The first-order valence-electron chi connectivity index (χ1n) is 7.21. The van der Waals surface area contributed by atoms with Gasteiger partial charge in [0.05, 0.1) is 31.6 Å². The van der Waals surface area contributed by atoms with Crippen LogP contribution in [0, 0.1) is 5.82 Å². The molecule has 1 N–H and O–H groups in total. The van der Waals surface area contributed by atoms with Gasteiger partial charge in [-0.15, -0.1) is 0 Å². The van der Waals surface area contributed by atoms with Crippen molar-refractivity contribution in [1.82, 2.24) is 14.1 Å². The number of nitrogens with one attached hydrogen (secondary N) is 1. The summed E-state index contributed by atoms with van der Waals surface area (Å²) in [5, 5.41) is 0. The number of carbonyl (C=O) groups is 1. The Bertz CT molecular complexity index is 905. The second-order valence-electron chi connectivity index (χ2n) is 5.74. The third-order valence-electron chi connectivity index (χ3n) is 3.55. The molecule has 0 aliphatic carbocycles. The molecular weight excluding hydrogens is 341 g/mol. The first-order valence-corrected chi connectivity index (χ1v) is 8.69. The van der Waals surface area contributed by atoms with Gasteiger partial charge >= 0.3 is 5.97 Å². The molecule has 3 rings (SSSR count). The number of fused-ring (bicyclic) bond motifs is 1. The van der Waals surface area contributed by atoms with Crippen LogP contribution in [0.1, 0.15) is 24.3 Å². The van der Waals surface area contributed by atoms with E-state index in [0.717, 1.165) is 22.9 Å². The molecule has 2 aromatic rings. The van der Waals surface area contributed by atoms with Gasteiger partial charge in [-0.1, -0.05) is 0 Å². The molecule has 8 nitrogen and oxygen atoms in total. The lowest BCUT2D eigenvalue weighted by Gasteiger charge is -2.38. The molecule has 1 aliphatic heterocycles. The van der Waals surface area contributed by atoms with E-state index in [1.807, 2.05) is 0 Å². The molecular formula is C14H16FN3O5S. The molecule has 24 heavy (non-hydrogen) atoms. The maximum Gasteiger partial charge on any atom is 0.356 e. The quantitative estimate of drug-likeness (QED) is 0.792. The summed E-state index contributed by atoms with van der Waals surface area (Å²) < 4.78 is 52.6. The van der Waals surface area contributed by atoms with Crippen molar-refractivity contribution in [2.45, 2.75) is 24.3 Å². The molecule has 1 fully saturated rings. The summed E-state index contributed by atoms with van der Waals surface area (Å²) in [5.41, 5.74) is -0.945. The minimum atomic E-state index is -4.00. The predicted octanol–water partition coefficient (Wildman–Crippen LogP) is 0.717. The zero-order valence-electron chi connectivity index (χ0n) is 13.1. The van der Waals surface area contributed by atoms with Crippen LogP contribution in [0.15, 0.2) is 23.4 Å². The molecule has 3 heterocycles. The van der Waals surface area contributed by atoms with Crippen LogP contribution in [0.4, 0.5) is 4.39 Å². The average molecular weight is 357 g/mol. The number of halogens is 1. The highest BCUT2D eigenvalue weighted by Gasteiger charge is 2.38. The van der Waals surface area contributed by atoms with Gasteiger partial charge in [-0.2, -0.15) is 0 Å². The van der Waals surface area contributed by atoms with E-state index in [4.69, 9.17) is 9.47 Å². The summed E-state index contributed by atoms with van der Waals surface area (Å²) in [5.74, 6) is -1.57. The van der Waals surface area contributed by atoms with Crippen molar-refractivity contribution in [1.29, 1.82) is 0 Å². The fraction of sp³-hybridized carbons (Fsp3) is 0.429. The van der Waals surface area contributed by atoms with Crippen molar-refractivity contribution in [2.75, 3.05) is 19.8 Å². The molecule has 0 amide bonds. The third kappa shape index (κ3) is 2.87. The molecule has 1 saturated heterocycles. The molecule has 0 saturated carbocycles. The van der Waals surface area contributed by atoms with Crippen molar-refractivity contribution in [2.24, 2.45) is 0 Å². The molecule has 10 heteroatoms. The molecule has 1 aliphatic rings. The number of rotatable bonds is 5. The Balaban J connectivity index is 2.06. The highest BCUT2D eigenvalue weighted by Crippen LogP contribution is 2.22. The first kappa shape index (κ1) is 16.8. The SMILES string of the molecule is CCOC(=O)c1cnc2c(F)cc(S(=O)(=O)NC3(C)COC3)cn12. The summed E-state index contributed by atoms with van der Waals surface area (Å²) in [4.78, 5) is 15.4. The number of aromatic nitrogens is 2. The van der Waals surface area contributed by atoms with Crippen molar-refractivity contribution in [3.63, 3.8) is 0 Å². The molecule has 130 valence electrons. The Morgan fingerprint density at radius 3 is 2.83 bits per heavy atom. The minimum absolute atomic E-state index is 0.0546. The number of carbonyl (C=O) groups excluding carboxylic acids is 1. The fourth-order valence-corrected chi connectivity index (χ4v) is 3.76. The minimum Gasteiger partial charge on any atom is -0.461 e. The number of hydrogen-bond donors (Lipinski definition) is 1. The molecule has 0 radical (unpaired) electrons. The summed E-state index contributed by atoms with van der Waals surface area (Å²) in [6, 6.07) is 0.864. The summed E-state index contributed by atoms with van der Waals surface area (Å²) in [6.45, 7) is 3.91. The number of sulfonamides is 1. The third-order valence-corrected chi connectivity index (χ3v) is 5.16. The highest BCUT2D eigenvalue weighted by atomic mass is 32.2. The second kappa shape index (κ2) is 5.80. The Labute approximate surface area is 137 Å². The summed E-state index contributed by atoms with van der Waals surface area (Å²) in [7, 11) is -4.00. The van der Waals surface area contributed by atoms with Crippen LogP contribution in [0.5, 0.6) is 0 Å². The van der Waals surface area contributed by atoms with E-state index in [0.29, 0.717) is 0 Å². The number of nitrogens with zero attached hydrogens (tertiary/aromatic N) is 2. The maximum absolute atomic E-state index is 14.2. The smallest absolute Gasteiger partial charge is 0.356 e. The molecule has 0 atom stereocenters. The van der Waals surface area contributed by atoms with Crippen molar-refractivity contribution in [3.05, 3.63) is 30.0 Å². The lowest BCUT2D eigenvalue weighted by atomic mass is 10.0. The van der Waals surface area contributed by atoms with E-state index in [-0.39, 0.29) is 36.1 Å². The van der Waals surface area contributed by atoms with Gasteiger partial charge in [0.1, 0.15) is 4.90 Å². The van der Waals surface area contributed by atoms with E-state index in [9.17, 15) is 17.6 Å². The number of hydrogen-bond acceptors (Lipinski definition) is 6. The topological polar surface area (TPSA) is 99.0 Å². The van der Waals surface area contributed by atoms with E-state index in [2.05, 4.69) is 9.71 Å². The fourth-order valence-electron chi connectivity index (χ4n) is 2.38. The van der Waals surface area contributed by atoms with Crippen LogP contribution < -0.4 is 4.72 Å². The van der Waals surface area contributed by atoms with E-state index >= 15 is 0 Å². The van der Waals surface area contributed by atoms with Crippen molar-refractivity contribution >= 4 is 21.6 Å². The number of pyridine rings is 1. The Morgan fingerprint density at radius 1 is 1.54 bits per heavy atom. The molecule has 0 aromatic carbocycles. The number of imidazole rings is 1. The van der Waals surface area contributed by atoms with E-state index in [1.165, 1.54) is 0 Å². The molecule has 2 aromatic heterocycles. The molecule has 0 spiro atoms. The normalized spacial score (nSPS) is 16.8. The largest absolute Gasteiger partial charge is 0.461 e. The van der Waals surface area contributed by atoms with Gasteiger partial charge in [-0.25, -0.2) is 27.3 Å². The molecule has 0 bridgehead atoms. The van der Waals surface area contributed by atoms with Gasteiger partial charge in [0, 0.05) is 6.20 Å². The van der Waals surface area contributed by atoms with E-state index < -0.39 is 27.3 Å². The van der Waals surface area contributed by atoms with Gasteiger partial charge in [-0.05, 0) is 19.9 Å². The lowest BCUT2D eigenvalue weighted by Crippen LogP contribution is -2.59. The van der Waals surface area contributed by atoms with Crippen LogP contribution in [0.25, 0.3) is 5.65 Å². The van der Waals surface area contributed by atoms with Gasteiger partial charge in [0.15, 0.2) is 17.2 Å². The Hall–Kier alpha value is -2.04. The van der Waals surface area contributed by atoms with Crippen LogP contribution >= 0.6 is 0 Å². The van der Waals surface area contributed by atoms with E-state index in [1.54, 1.807) is 13.8 Å². The van der Waals surface area contributed by atoms with Gasteiger partial charge in [0.25, 0.3) is 0 Å². The first-order chi connectivity index (χ1) is 11.3. The highest BCUT2D eigenvalue weighted by molar-refractivity contribution is 7.89. The van der Waals surface area contributed by atoms with Gasteiger partial charge < -0.3 is 9.47 Å².